The van der Waals surface area contributed by atoms with Gasteiger partial charge in [0.15, 0.2) is 0 Å². The van der Waals surface area contributed by atoms with Gasteiger partial charge >= 0.3 is 13.1 Å². The van der Waals surface area contributed by atoms with Gasteiger partial charge in [-0.3, -0.25) is 9.78 Å². The molecule has 1 aliphatic carbocycles. The zero-order valence-corrected chi connectivity index (χ0v) is 14.1. The summed E-state index contributed by atoms with van der Waals surface area (Å²) in [7, 11) is -1.40. The lowest BCUT2D eigenvalue weighted by Gasteiger charge is -2.16. The third-order valence-electron chi connectivity index (χ3n) is 4.91. The molecule has 1 aliphatic rings. The van der Waals surface area contributed by atoms with E-state index in [1.165, 1.54) is 12.3 Å². The van der Waals surface area contributed by atoms with Crippen molar-refractivity contribution in [2.45, 2.75) is 31.5 Å². The fourth-order valence-electron chi connectivity index (χ4n) is 3.74. The Morgan fingerprint density at radius 2 is 2.15 bits per heavy atom. The van der Waals surface area contributed by atoms with Crippen LogP contribution in [0.3, 0.4) is 0 Å². The highest BCUT2D eigenvalue weighted by Crippen LogP contribution is 2.43. The van der Waals surface area contributed by atoms with Crippen LogP contribution in [0.15, 0.2) is 30.5 Å². The van der Waals surface area contributed by atoms with Crippen molar-refractivity contribution in [1.82, 2.24) is 4.98 Å². The number of anilines is 1. The molecule has 2 aromatic rings. The summed E-state index contributed by atoms with van der Waals surface area (Å²) in [6.45, 7) is 0. The van der Waals surface area contributed by atoms with Gasteiger partial charge in [-0.05, 0) is 60.5 Å². The molecule has 136 valence electrons. The number of aromatic nitrogens is 1. The Morgan fingerprint density at radius 3 is 2.81 bits per heavy atom. The molecule has 0 saturated heterocycles. The summed E-state index contributed by atoms with van der Waals surface area (Å²) >= 11 is 0. The molecule has 2 atom stereocenters. The number of hydrogen-bond donors (Lipinski definition) is 4. The molecular formula is C18H20BFN2O4. The van der Waals surface area contributed by atoms with Gasteiger partial charge < -0.3 is 20.9 Å². The van der Waals surface area contributed by atoms with Gasteiger partial charge in [0.25, 0.3) is 0 Å². The van der Waals surface area contributed by atoms with Gasteiger partial charge in [-0.25, -0.2) is 4.39 Å². The summed E-state index contributed by atoms with van der Waals surface area (Å²) in [6, 6.07) is 6.18. The van der Waals surface area contributed by atoms with Crippen molar-refractivity contribution < 1.29 is 24.3 Å². The van der Waals surface area contributed by atoms with E-state index in [2.05, 4.69) is 4.98 Å². The van der Waals surface area contributed by atoms with Crippen molar-refractivity contribution in [3.8, 4) is 11.3 Å². The molecule has 0 aliphatic heterocycles. The number of rotatable bonds is 6. The smallest absolute Gasteiger partial charge is 0.451 e. The number of aliphatic carboxylic acids is 1. The summed E-state index contributed by atoms with van der Waals surface area (Å²) in [5.41, 5.74) is 7.95. The van der Waals surface area contributed by atoms with Gasteiger partial charge in [-0.2, -0.15) is 0 Å². The van der Waals surface area contributed by atoms with E-state index >= 15 is 0 Å². The topological polar surface area (TPSA) is 117 Å². The van der Waals surface area contributed by atoms with E-state index in [9.17, 15) is 14.3 Å². The number of nitrogens with zero attached hydrogens (tertiary/aromatic N) is 1. The van der Waals surface area contributed by atoms with E-state index in [1.807, 2.05) is 0 Å². The van der Waals surface area contributed by atoms with Gasteiger partial charge in [-0.15, -0.1) is 0 Å². The average Bonchev–Trinajstić information content (AvgIpc) is 2.91. The van der Waals surface area contributed by atoms with Crippen LogP contribution in [0.25, 0.3) is 11.3 Å². The van der Waals surface area contributed by atoms with E-state index in [1.54, 1.807) is 18.2 Å². The van der Waals surface area contributed by atoms with Crippen LogP contribution < -0.4 is 5.73 Å². The maximum Gasteiger partial charge on any atom is 0.451 e. The predicted octanol–water partition coefficient (Wildman–Crippen LogP) is 2.06. The monoisotopic (exact) mass is 358 g/mol. The first-order valence-electron chi connectivity index (χ1n) is 8.50. The first kappa shape index (κ1) is 18.3. The maximum absolute atomic E-state index is 14.6. The Hall–Kier alpha value is -2.45. The molecule has 0 bridgehead atoms. The van der Waals surface area contributed by atoms with Crippen LogP contribution >= 0.6 is 0 Å². The number of hydrogen-bond acceptors (Lipinski definition) is 5. The molecule has 0 saturated carbocycles. The minimum absolute atomic E-state index is 0.184. The summed E-state index contributed by atoms with van der Waals surface area (Å²) in [5.74, 6) is -2.42. The average molecular weight is 358 g/mol. The zero-order chi connectivity index (χ0) is 18.8. The van der Waals surface area contributed by atoms with Gasteiger partial charge in [0.05, 0.1) is 17.3 Å². The van der Waals surface area contributed by atoms with Gasteiger partial charge in [0.2, 0.25) is 0 Å². The Morgan fingerprint density at radius 1 is 1.38 bits per heavy atom. The highest BCUT2D eigenvalue weighted by Gasteiger charge is 2.38. The van der Waals surface area contributed by atoms with Crippen LogP contribution in [0.4, 0.5) is 10.1 Å². The van der Waals surface area contributed by atoms with Crippen molar-refractivity contribution in [3.05, 3.63) is 47.4 Å². The lowest BCUT2D eigenvalue weighted by Crippen LogP contribution is -2.18. The molecule has 0 spiro atoms. The first-order chi connectivity index (χ1) is 12.4. The van der Waals surface area contributed by atoms with Crippen LogP contribution in [0, 0.1) is 11.7 Å². The number of fused-ring (bicyclic) bond motifs is 1. The lowest BCUT2D eigenvalue weighted by atomic mass is 9.80. The molecule has 1 heterocycles. The Balaban J connectivity index is 1.95. The zero-order valence-electron chi connectivity index (χ0n) is 14.1. The van der Waals surface area contributed by atoms with Crippen LogP contribution in [0.5, 0.6) is 0 Å². The second kappa shape index (κ2) is 7.43. The number of halogens is 1. The van der Waals surface area contributed by atoms with Crippen LogP contribution in [-0.4, -0.2) is 33.2 Å². The van der Waals surface area contributed by atoms with Crippen molar-refractivity contribution in [3.63, 3.8) is 0 Å². The fourth-order valence-corrected chi connectivity index (χ4v) is 3.74. The molecule has 1 aromatic heterocycles. The summed E-state index contributed by atoms with van der Waals surface area (Å²) in [5, 5.41) is 27.6. The summed E-state index contributed by atoms with van der Waals surface area (Å²) in [6.07, 6.45) is 3.15. The Bertz CT molecular complexity index is 831. The van der Waals surface area contributed by atoms with E-state index < -0.39 is 24.8 Å². The number of nitrogens with two attached hydrogens (primary N) is 1. The summed E-state index contributed by atoms with van der Waals surface area (Å²) in [4.78, 5) is 16.0. The molecule has 0 fully saturated rings. The highest BCUT2D eigenvalue weighted by atomic mass is 19.1. The van der Waals surface area contributed by atoms with Crippen molar-refractivity contribution in [2.24, 2.45) is 5.92 Å². The minimum atomic E-state index is -1.40. The molecular weight excluding hydrogens is 338 g/mol. The number of benzene rings is 1. The third kappa shape index (κ3) is 3.56. The second-order valence-corrected chi connectivity index (χ2v) is 6.66. The lowest BCUT2D eigenvalue weighted by molar-refractivity contribution is -0.139. The molecule has 5 N–H and O–H groups in total. The van der Waals surface area contributed by atoms with Crippen LogP contribution in [0.2, 0.25) is 6.32 Å². The molecule has 0 radical (unpaired) electrons. The van der Waals surface area contributed by atoms with E-state index in [0.717, 1.165) is 0 Å². The minimum Gasteiger partial charge on any atom is -0.481 e. The van der Waals surface area contributed by atoms with Crippen molar-refractivity contribution >= 4 is 18.8 Å². The standard InChI is InChI=1S/C18H20BFN2O4/c20-14-8-11-7-10(3-1-5-19(25)26)16(18(23)24)12(11)9-13(14)17-15(21)4-2-6-22-17/h2,4,6,8-10,16,25-26H,1,3,5,7,21H2,(H,23,24). The van der Waals surface area contributed by atoms with Crippen LogP contribution in [-0.2, 0) is 11.2 Å². The first-order valence-corrected chi connectivity index (χ1v) is 8.50. The van der Waals surface area contributed by atoms with E-state index in [4.69, 9.17) is 15.8 Å². The molecule has 8 heteroatoms. The third-order valence-corrected chi connectivity index (χ3v) is 4.91. The van der Waals surface area contributed by atoms with Crippen molar-refractivity contribution in [1.29, 1.82) is 0 Å². The maximum atomic E-state index is 14.6. The molecule has 1 aromatic carbocycles. The molecule has 2 unspecified atom stereocenters. The number of pyridine rings is 1. The van der Waals surface area contributed by atoms with E-state index in [0.29, 0.717) is 41.8 Å². The molecule has 0 amide bonds. The highest BCUT2D eigenvalue weighted by molar-refractivity contribution is 6.40. The number of carboxylic acid groups (broad SMARTS) is 1. The fraction of sp³-hybridized carbons (Fsp3) is 0.333. The second-order valence-electron chi connectivity index (χ2n) is 6.66. The predicted molar refractivity (Wildman–Crippen MR) is 95.8 cm³/mol. The van der Waals surface area contributed by atoms with Crippen molar-refractivity contribution in [2.75, 3.05) is 5.73 Å². The normalized spacial score (nSPS) is 18.6. The number of carboxylic acids is 1. The van der Waals surface area contributed by atoms with E-state index in [-0.39, 0.29) is 17.8 Å². The van der Waals surface area contributed by atoms with Gasteiger partial charge in [-0.1, -0.05) is 6.42 Å². The SMILES string of the molecule is Nc1cccnc1-c1cc2c(cc1F)CC(CCCB(O)O)C2C(=O)O. The summed E-state index contributed by atoms with van der Waals surface area (Å²) < 4.78 is 14.6. The number of nitrogen functional groups attached to an aromatic ring is 1. The number of carbonyl (C=O) groups is 1. The van der Waals surface area contributed by atoms with Crippen LogP contribution in [0.1, 0.15) is 29.9 Å². The quantitative estimate of drug-likeness (QED) is 0.588. The van der Waals surface area contributed by atoms with Gasteiger partial charge in [0.1, 0.15) is 5.82 Å². The molecule has 6 nitrogen and oxygen atoms in total. The van der Waals surface area contributed by atoms with Gasteiger partial charge in [0, 0.05) is 11.8 Å². The molecule has 3 rings (SSSR count). The Kier molecular flexibility index (Phi) is 5.24. The Labute approximate surface area is 150 Å². The molecule has 26 heavy (non-hydrogen) atoms. The largest absolute Gasteiger partial charge is 0.481 e.